The van der Waals surface area contributed by atoms with Gasteiger partial charge >= 0.3 is 0 Å². The quantitative estimate of drug-likeness (QED) is 0.719. The predicted octanol–water partition coefficient (Wildman–Crippen LogP) is 3.20. The Morgan fingerprint density at radius 3 is 2.50 bits per heavy atom. The third-order valence-corrected chi connectivity index (χ3v) is 3.30. The van der Waals surface area contributed by atoms with E-state index in [1.54, 1.807) is 0 Å². The van der Waals surface area contributed by atoms with Crippen LogP contribution in [-0.4, -0.2) is 22.9 Å². The van der Waals surface area contributed by atoms with Crippen molar-refractivity contribution in [2.45, 2.75) is 59.9 Å². The summed E-state index contributed by atoms with van der Waals surface area (Å²) in [6.07, 6.45) is 3.24. The molecule has 0 aliphatic rings. The largest absolute Gasteiger partial charge is 0.316 e. The van der Waals surface area contributed by atoms with E-state index < -0.39 is 0 Å². The topological polar surface area (TPSA) is 29.9 Å². The lowest BCUT2D eigenvalue weighted by Gasteiger charge is -2.16. The molecule has 0 aliphatic heterocycles. The van der Waals surface area contributed by atoms with Gasteiger partial charge in [0.05, 0.1) is 11.7 Å². The van der Waals surface area contributed by atoms with E-state index in [2.05, 4.69) is 50.7 Å². The first-order valence-electron chi connectivity index (χ1n) is 7.36. The Labute approximate surface area is 112 Å². The van der Waals surface area contributed by atoms with Crippen molar-refractivity contribution in [3.8, 4) is 0 Å². The molecule has 0 bridgehead atoms. The number of aryl methyl sites for hydroxylation is 2. The van der Waals surface area contributed by atoms with Crippen LogP contribution in [0.4, 0.5) is 0 Å². The third-order valence-electron chi connectivity index (χ3n) is 3.30. The zero-order valence-corrected chi connectivity index (χ0v) is 12.7. The SMILES string of the molecule is CCc1cc(CC)n(C(C)CCNCC(C)C)n1. The Morgan fingerprint density at radius 2 is 1.94 bits per heavy atom. The lowest BCUT2D eigenvalue weighted by atomic mass is 10.2. The molecule has 1 aromatic heterocycles. The minimum Gasteiger partial charge on any atom is -0.316 e. The van der Waals surface area contributed by atoms with Gasteiger partial charge in [-0.3, -0.25) is 4.68 Å². The standard InChI is InChI=1S/C15H29N3/c1-6-14-10-15(7-2)18(17-14)13(5)8-9-16-11-12(3)4/h10,12-13,16H,6-9,11H2,1-5H3. The number of hydrogen-bond donors (Lipinski definition) is 1. The average molecular weight is 251 g/mol. The zero-order chi connectivity index (χ0) is 13.5. The molecule has 1 rings (SSSR count). The fraction of sp³-hybridized carbons (Fsp3) is 0.800. The highest BCUT2D eigenvalue weighted by Crippen LogP contribution is 2.15. The molecular formula is C15H29N3. The van der Waals surface area contributed by atoms with Gasteiger partial charge in [-0.2, -0.15) is 5.10 Å². The number of rotatable bonds is 8. The van der Waals surface area contributed by atoms with Crippen LogP contribution in [0.3, 0.4) is 0 Å². The summed E-state index contributed by atoms with van der Waals surface area (Å²) in [5.41, 5.74) is 2.58. The Bertz CT molecular complexity index is 342. The third kappa shape index (κ3) is 4.45. The van der Waals surface area contributed by atoms with Crippen LogP contribution in [0.1, 0.15) is 58.5 Å². The summed E-state index contributed by atoms with van der Waals surface area (Å²) in [5.74, 6) is 0.725. The van der Waals surface area contributed by atoms with Gasteiger partial charge in [0.25, 0.3) is 0 Å². The normalized spacial score (nSPS) is 13.2. The van der Waals surface area contributed by atoms with Gasteiger partial charge < -0.3 is 5.32 Å². The predicted molar refractivity (Wildman–Crippen MR) is 78.0 cm³/mol. The highest BCUT2D eigenvalue weighted by Gasteiger charge is 2.11. The second-order valence-corrected chi connectivity index (χ2v) is 5.51. The monoisotopic (exact) mass is 251 g/mol. The highest BCUT2D eigenvalue weighted by molar-refractivity contribution is 5.11. The lowest BCUT2D eigenvalue weighted by molar-refractivity contribution is 0.421. The molecule has 0 amide bonds. The summed E-state index contributed by atoms with van der Waals surface area (Å²) in [6.45, 7) is 13.3. The molecule has 1 N–H and O–H groups in total. The number of nitrogens with zero attached hydrogens (tertiary/aromatic N) is 2. The van der Waals surface area contributed by atoms with Crippen LogP contribution in [0.5, 0.6) is 0 Å². The van der Waals surface area contributed by atoms with Crippen molar-refractivity contribution >= 4 is 0 Å². The number of aromatic nitrogens is 2. The summed E-state index contributed by atoms with van der Waals surface area (Å²) in [7, 11) is 0. The maximum Gasteiger partial charge on any atom is 0.0624 e. The molecule has 0 fully saturated rings. The Morgan fingerprint density at radius 1 is 1.22 bits per heavy atom. The van der Waals surface area contributed by atoms with Crippen molar-refractivity contribution in [2.75, 3.05) is 13.1 Å². The molecule has 1 atom stereocenters. The molecule has 0 aromatic carbocycles. The van der Waals surface area contributed by atoms with E-state index in [1.807, 2.05) is 0 Å². The van der Waals surface area contributed by atoms with Gasteiger partial charge in [0, 0.05) is 5.69 Å². The van der Waals surface area contributed by atoms with Crippen LogP contribution in [0.15, 0.2) is 6.07 Å². The van der Waals surface area contributed by atoms with Gasteiger partial charge in [0.1, 0.15) is 0 Å². The number of hydrogen-bond acceptors (Lipinski definition) is 2. The van der Waals surface area contributed by atoms with Gasteiger partial charge in [0.15, 0.2) is 0 Å². The van der Waals surface area contributed by atoms with E-state index in [0.29, 0.717) is 6.04 Å². The molecule has 0 spiro atoms. The fourth-order valence-electron chi connectivity index (χ4n) is 2.13. The van der Waals surface area contributed by atoms with Gasteiger partial charge in [-0.25, -0.2) is 0 Å². The summed E-state index contributed by atoms with van der Waals surface area (Å²) in [4.78, 5) is 0. The minimum absolute atomic E-state index is 0.486. The van der Waals surface area contributed by atoms with Crippen molar-refractivity contribution < 1.29 is 0 Å². The van der Waals surface area contributed by atoms with Gasteiger partial charge in [0.2, 0.25) is 0 Å². The van der Waals surface area contributed by atoms with Crippen molar-refractivity contribution in [3.05, 3.63) is 17.5 Å². The Balaban J connectivity index is 2.49. The van der Waals surface area contributed by atoms with Crippen LogP contribution in [0, 0.1) is 5.92 Å². The van der Waals surface area contributed by atoms with Gasteiger partial charge in [-0.15, -0.1) is 0 Å². The fourth-order valence-corrected chi connectivity index (χ4v) is 2.13. The molecule has 0 saturated heterocycles. The second kappa shape index (κ2) is 7.57. The molecule has 18 heavy (non-hydrogen) atoms. The summed E-state index contributed by atoms with van der Waals surface area (Å²) >= 11 is 0. The molecule has 0 saturated carbocycles. The minimum atomic E-state index is 0.486. The van der Waals surface area contributed by atoms with Crippen LogP contribution in [-0.2, 0) is 12.8 Å². The van der Waals surface area contributed by atoms with Gasteiger partial charge in [-0.1, -0.05) is 27.7 Å². The van der Waals surface area contributed by atoms with E-state index in [-0.39, 0.29) is 0 Å². The smallest absolute Gasteiger partial charge is 0.0624 e. The second-order valence-electron chi connectivity index (χ2n) is 5.51. The molecular weight excluding hydrogens is 222 g/mol. The molecule has 1 aromatic rings. The highest BCUT2D eigenvalue weighted by atomic mass is 15.3. The van der Waals surface area contributed by atoms with E-state index >= 15 is 0 Å². The summed E-state index contributed by atoms with van der Waals surface area (Å²) in [6, 6.07) is 2.73. The maximum atomic E-state index is 4.70. The van der Waals surface area contributed by atoms with Crippen LogP contribution in [0.2, 0.25) is 0 Å². The average Bonchev–Trinajstić information content (AvgIpc) is 2.77. The molecule has 1 unspecified atom stereocenters. The first-order chi connectivity index (χ1) is 8.58. The first-order valence-corrected chi connectivity index (χ1v) is 7.36. The van der Waals surface area contributed by atoms with E-state index in [4.69, 9.17) is 5.10 Å². The first kappa shape index (κ1) is 15.2. The number of nitrogens with one attached hydrogen (secondary N) is 1. The summed E-state index contributed by atoms with van der Waals surface area (Å²) < 4.78 is 2.22. The Kier molecular flexibility index (Phi) is 6.41. The van der Waals surface area contributed by atoms with Crippen LogP contribution < -0.4 is 5.32 Å². The van der Waals surface area contributed by atoms with Crippen LogP contribution >= 0.6 is 0 Å². The molecule has 3 heteroatoms. The van der Waals surface area contributed by atoms with Crippen molar-refractivity contribution in [1.29, 1.82) is 0 Å². The van der Waals surface area contributed by atoms with E-state index in [1.165, 1.54) is 11.4 Å². The van der Waals surface area contributed by atoms with Crippen molar-refractivity contribution in [2.24, 2.45) is 5.92 Å². The van der Waals surface area contributed by atoms with Gasteiger partial charge in [-0.05, 0) is 51.3 Å². The molecule has 0 aliphatic carbocycles. The lowest BCUT2D eigenvalue weighted by Crippen LogP contribution is -2.23. The van der Waals surface area contributed by atoms with Crippen LogP contribution in [0.25, 0.3) is 0 Å². The molecule has 1 heterocycles. The van der Waals surface area contributed by atoms with Crippen molar-refractivity contribution in [3.63, 3.8) is 0 Å². The molecule has 0 radical (unpaired) electrons. The van der Waals surface area contributed by atoms with Crippen molar-refractivity contribution in [1.82, 2.24) is 15.1 Å². The maximum absolute atomic E-state index is 4.70. The molecule has 3 nitrogen and oxygen atoms in total. The zero-order valence-electron chi connectivity index (χ0n) is 12.7. The molecule has 104 valence electrons. The van der Waals surface area contributed by atoms with E-state index in [9.17, 15) is 0 Å². The Hall–Kier alpha value is -0.830. The van der Waals surface area contributed by atoms with E-state index in [0.717, 1.165) is 38.3 Å². The summed E-state index contributed by atoms with van der Waals surface area (Å²) in [5, 5.41) is 8.20.